The Hall–Kier alpha value is -1.32. The molecule has 0 bridgehead atoms. The topological polar surface area (TPSA) is 67.5 Å². The zero-order valence-corrected chi connectivity index (χ0v) is 7.13. The Morgan fingerprint density at radius 3 is 3.08 bits per heavy atom. The van der Waals surface area contributed by atoms with Gasteiger partial charge in [-0.1, -0.05) is 11.6 Å². The minimum Gasteiger partial charge on any atom is -0.350 e. The molecule has 0 unspecified atom stereocenters. The highest BCUT2D eigenvalue weighted by molar-refractivity contribution is 5.88. The van der Waals surface area contributed by atoms with Crippen LogP contribution in [-0.4, -0.2) is 11.7 Å². The Morgan fingerprint density at radius 2 is 2.50 bits per heavy atom. The van der Waals surface area contributed by atoms with E-state index in [4.69, 9.17) is 5.73 Å². The van der Waals surface area contributed by atoms with E-state index in [0.717, 1.165) is 25.0 Å². The molecule has 1 aliphatic rings. The second kappa shape index (κ2) is 3.90. The summed E-state index contributed by atoms with van der Waals surface area (Å²) >= 11 is 0. The first kappa shape index (κ1) is 8.77. The van der Waals surface area contributed by atoms with Crippen molar-refractivity contribution in [1.82, 2.24) is 5.43 Å². The van der Waals surface area contributed by atoms with Gasteiger partial charge in [0, 0.05) is 12.1 Å². The molecule has 0 saturated carbocycles. The third kappa shape index (κ3) is 2.74. The molecule has 1 rings (SSSR count). The lowest BCUT2D eigenvalue weighted by Gasteiger charge is -2.10. The van der Waals surface area contributed by atoms with Gasteiger partial charge in [0.2, 0.25) is 0 Å². The highest BCUT2D eigenvalue weighted by Gasteiger charge is 2.06. The summed E-state index contributed by atoms with van der Waals surface area (Å²) in [5, 5.41) is 3.88. The van der Waals surface area contributed by atoms with E-state index in [1.807, 2.05) is 0 Å². The van der Waals surface area contributed by atoms with Gasteiger partial charge in [-0.05, 0) is 19.8 Å². The van der Waals surface area contributed by atoms with Crippen molar-refractivity contribution in [2.24, 2.45) is 10.8 Å². The summed E-state index contributed by atoms with van der Waals surface area (Å²) < 4.78 is 0. The van der Waals surface area contributed by atoms with Crippen LogP contribution in [0.4, 0.5) is 4.79 Å². The fourth-order valence-corrected chi connectivity index (χ4v) is 1.20. The number of primary amides is 1. The van der Waals surface area contributed by atoms with Crippen LogP contribution >= 0.6 is 0 Å². The molecule has 4 nitrogen and oxygen atoms in total. The van der Waals surface area contributed by atoms with Crippen molar-refractivity contribution >= 4 is 11.7 Å². The second-order valence-corrected chi connectivity index (χ2v) is 2.92. The molecule has 0 aromatic heterocycles. The maximum Gasteiger partial charge on any atom is 0.332 e. The van der Waals surface area contributed by atoms with Crippen molar-refractivity contribution in [1.29, 1.82) is 0 Å². The number of carbonyl (C=O) groups excluding carboxylic acids is 1. The zero-order valence-electron chi connectivity index (χ0n) is 7.13. The summed E-state index contributed by atoms with van der Waals surface area (Å²) in [6.45, 7) is 2.05. The first-order valence-electron chi connectivity index (χ1n) is 3.95. The van der Waals surface area contributed by atoms with Crippen molar-refractivity contribution in [3.8, 4) is 0 Å². The van der Waals surface area contributed by atoms with E-state index in [1.54, 1.807) is 0 Å². The molecule has 66 valence electrons. The fraction of sp³-hybridized carbons (Fsp3) is 0.500. The quantitative estimate of drug-likeness (QED) is 0.446. The summed E-state index contributed by atoms with van der Waals surface area (Å²) in [4.78, 5) is 10.3. The van der Waals surface area contributed by atoms with Crippen LogP contribution in [0, 0.1) is 0 Å². The number of hydrogen-bond acceptors (Lipinski definition) is 2. The number of urea groups is 1. The molecule has 0 aliphatic heterocycles. The zero-order chi connectivity index (χ0) is 8.97. The van der Waals surface area contributed by atoms with Crippen LogP contribution in [0.15, 0.2) is 16.8 Å². The van der Waals surface area contributed by atoms with Crippen molar-refractivity contribution in [2.45, 2.75) is 26.2 Å². The highest BCUT2D eigenvalue weighted by atomic mass is 16.2. The van der Waals surface area contributed by atoms with Gasteiger partial charge in [-0.3, -0.25) is 0 Å². The van der Waals surface area contributed by atoms with Crippen LogP contribution in [0.5, 0.6) is 0 Å². The van der Waals surface area contributed by atoms with Crippen LogP contribution in [0.1, 0.15) is 26.2 Å². The summed E-state index contributed by atoms with van der Waals surface area (Å²) in [5.41, 5.74) is 9.40. The molecule has 0 spiro atoms. The number of nitrogens with zero attached hydrogens (tertiary/aromatic N) is 1. The number of hydrazone groups is 1. The molecule has 0 aromatic rings. The molecule has 0 radical (unpaired) electrons. The van der Waals surface area contributed by atoms with Gasteiger partial charge in [-0.25, -0.2) is 10.2 Å². The Morgan fingerprint density at radius 1 is 1.75 bits per heavy atom. The van der Waals surface area contributed by atoms with E-state index in [1.165, 1.54) is 5.57 Å². The molecule has 3 N–H and O–H groups in total. The van der Waals surface area contributed by atoms with Gasteiger partial charge >= 0.3 is 6.03 Å². The molecule has 2 amide bonds. The molecule has 0 heterocycles. The first-order chi connectivity index (χ1) is 5.68. The molecule has 0 aromatic carbocycles. The van der Waals surface area contributed by atoms with Gasteiger partial charge in [-0.2, -0.15) is 5.10 Å². The Balaban J connectivity index is 2.48. The Labute approximate surface area is 71.5 Å². The van der Waals surface area contributed by atoms with E-state index >= 15 is 0 Å². The van der Waals surface area contributed by atoms with Crippen molar-refractivity contribution in [3.63, 3.8) is 0 Å². The smallest absolute Gasteiger partial charge is 0.332 e. The largest absolute Gasteiger partial charge is 0.350 e. The molecule has 0 atom stereocenters. The standard InChI is InChI=1S/C8H13N3O/c1-6-3-2-4-7(5-6)10-11-8(9)12/h3H,2,4-5H2,1H3,(H3,9,11,12). The molecule has 0 saturated heterocycles. The Kier molecular flexibility index (Phi) is 2.85. The van der Waals surface area contributed by atoms with Gasteiger partial charge in [0.05, 0.1) is 0 Å². The van der Waals surface area contributed by atoms with Crippen LogP contribution in [0.25, 0.3) is 0 Å². The minimum absolute atomic E-state index is 0.602. The minimum atomic E-state index is -0.602. The monoisotopic (exact) mass is 167 g/mol. The lowest BCUT2D eigenvalue weighted by Crippen LogP contribution is -2.26. The number of nitrogens with one attached hydrogen (secondary N) is 1. The molecule has 12 heavy (non-hydrogen) atoms. The first-order valence-corrected chi connectivity index (χ1v) is 3.95. The van der Waals surface area contributed by atoms with Gasteiger partial charge in [-0.15, -0.1) is 0 Å². The van der Waals surface area contributed by atoms with Gasteiger partial charge in [0.1, 0.15) is 0 Å². The fourth-order valence-electron chi connectivity index (χ4n) is 1.20. The lowest BCUT2D eigenvalue weighted by atomic mass is 9.99. The third-order valence-corrected chi connectivity index (χ3v) is 1.73. The molecular formula is C8H13N3O. The van der Waals surface area contributed by atoms with Crippen LogP contribution in [0.3, 0.4) is 0 Å². The van der Waals surface area contributed by atoms with E-state index in [9.17, 15) is 4.79 Å². The third-order valence-electron chi connectivity index (χ3n) is 1.73. The number of allylic oxidation sites excluding steroid dienone is 2. The van der Waals surface area contributed by atoms with Crippen molar-refractivity contribution in [2.75, 3.05) is 0 Å². The number of carbonyl (C=O) groups is 1. The average Bonchev–Trinajstić information content (AvgIpc) is 2.01. The average molecular weight is 167 g/mol. The second-order valence-electron chi connectivity index (χ2n) is 2.92. The maximum atomic E-state index is 10.3. The number of rotatable bonds is 1. The highest BCUT2D eigenvalue weighted by Crippen LogP contribution is 2.14. The van der Waals surface area contributed by atoms with E-state index in [2.05, 4.69) is 23.5 Å². The van der Waals surface area contributed by atoms with E-state index < -0.39 is 6.03 Å². The lowest BCUT2D eigenvalue weighted by molar-refractivity contribution is 0.249. The molecule has 1 aliphatic carbocycles. The summed E-state index contributed by atoms with van der Waals surface area (Å²) in [6.07, 6.45) is 4.95. The van der Waals surface area contributed by atoms with E-state index in [0.29, 0.717) is 0 Å². The Bertz CT molecular complexity index is 243. The number of nitrogens with two attached hydrogens (primary N) is 1. The molecule has 0 fully saturated rings. The normalized spacial score (nSPS) is 20.4. The molecule has 4 heteroatoms. The van der Waals surface area contributed by atoms with Crippen LogP contribution < -0.4 is 11.2 Å². The number of amides is 2. The van der Waals surface area contributed by atoms with Gasteiger partial charge < -0.3 is 5.73 Å². The van der Waals surface area contributed by atoms with E-state index in [-0.39, 0.29) is 0 Å². The van der Waals surface area contributed by atoms with Gasteiger partial charge in [0.15, 0.2) is 0 Å². The predicted octanol–water partition coefficient (Wildman–Crippen LogP) is 1.14. The maximum absolute atomic E-state index is 10.3. The summed E-state index contributed by atoms with van der Waals surface area (Å²) in [6, 6.07) is -0.602. The van der Waals surface area contributed by atoms with Gasteiger partial charge in [0.25, 0.3) is 0 Å². The van der Waals surface area contributed by atoms with Crippen molar-refractivity contribution < 1.29 is 4.79 Å². The van der Waals surface area contributed by atoms with Crippen molar-refractivity contribution in [3.05, 3.63) is 11.6 Å². The predicted molar refractivity (Wildman–Crippen MR) is 47.8 cm³/mol. The summed E-state index contributed by atoms with van der Waals surface area (Å²) in [5.74, 6) is 0. The molecular weight excluding hydrogens is 154 g/mol. The number of hydrogen-bond donors (Lipinski definition) is 2. The van der Waals surface area contributed by atoms with Crippen LogP contribution in [0.2, 0.25) is 0 Å². The SMILES string of the molecule is CC1=CCCC(=NNC(N)=O)C1. The summed E-state index contributed by atoms with van der Waals surface area (Å²) in [7, 11) is 0. The van der Waals surface area contributed by atoms with Crippen LogP contribution in [-0.2, 0) is 0 Å².